The van der Waals surface area contributed by atoms with Crippen molar-refractivity contribution in [3.8, 4) is 10.7 Å². The van der Waals surface area contributed by atoms with Crippen molar-refractivity contribution in [1.29, 1.82) is 0 Å². The summed E-state index contributed by atoms with van der Waals surface area (Å²) in [4.78, 5) is 40.5. The fourth-order valence-electron chi connectivity index (χ4n) is 2.59. The van der Waals surface area contributed by atoms with Crippen LogP contribution in [-0.4, -0.2) is 25.5 Å². The van der Waals surface area contributed by atoms with Crippen LogP contribution in [0.25, 0.3) is 20.9 Å². The molecular weight excluding hydrogens is 382 g/mol. The predicted molar refractivity (Wildman–Crippen MR) is 107 cm³/mol. The molecule has 4 aromatic rings. The summed E-state index contributed by atoms with van der Waals surface area (Å²) in [6, 6.07) is 7.35. The lowest BCUT2D eigenvalue weighted by atomic mass is 10.3. The monoisotopic (exact) mass is 397 g/mol. The molecule has 0 radical (unpaired) electrons. The number of aryl methyl sites for hydroxylation is 2. The largest absolute Gasteiger partial charge is 0.282 e. The Morgan fingerprint density at radius 3 is 2.85 bits per heavy atom. The minimum atomic E-state index is -0.402. The third-order valence-electron chi connectivity index (χ3n) is 3.96. The highest BCUT2D eigenvalue weighted by atomic mass is 32.1. The minimum Gasteiger partial charge on any atom is -0.267 e. The number of aromatic nitrogens is 4. The molecule has 0 aliphatic carbocycles. The summed E-state index contributed by atoms with van der Waals surface area (Å²) in [5.41, 5.74) is 3.60. The van der Waals surface area contributed by atoms with Crippen molar-refractivity contribution in [2.45, 2.75) is 20.3 Å². The first-order valence-corrected chi connectivity index (χ1v) is 9.90. The molecule has 0 atom stereocenters. The number of rotatable bonds is 4. The number of hydrogen-bond donors (Lipinski definition) is 1. The van der Waals surface area contributed by atoms with Gasteiger partial charge in [0, 0.05) is 11.1 Å². The molecule has 0 saturated heterocycles. The molecule has 0 unspecified atom stereocenters. The topological polar surface area (TPSA) is 89.8 Å². The normalized spacial score (nSPS) is 11.0. The number of carbonyl (C=O) groups is 1. The highest BCUT2D eigenvalue weighted by molar-refractivity contribution is 7.18. The highest BCUT2D eigenvalue weighted by Crippen LogP contribution is 2.26. The van der Waals surface area contributed by atoms with Crippen LogP contribution in [0.1, 0.15) is 27.2 Å². The van der Waals surface area contributed by atoms with Crippen LogP contribution in [0.2, 0.25) is 0 Å². The first-order valence-electron chi connectivity index (χ1n) is 8.27. The van der Waals surface area contributed by atoms with Gasteiger partial charge in [-0.25, -0.2) is 14.6 Å². The lowest BCUT2D eigenvalue weighted by Gasteiger charge is -2.06. The van der Waals surface area contributed by atoms with Crippen molar-refractivity contribution in [3.63, 3.8) is 0 Å². The molecule has 0 aromatic carbocycles. The Balaban J connectivity index is 1.65. The summed E-state index contributed by atoms with van der Waals surface area (Å²) in [5.74, 6) is -0.402. The Kier molecular flexibility index (Phi) is 4.54. The van der Waals surface area contributed by atoms with Gasteiger partial charge in [-0.1, -0.05) is 13.0 Å². The van der Waals surface area contributed by atoms with E-state index in [4.69, 9.17) is 0 Å². The number of pyridine rings is 1. The number of hydrogen-bond acceptors (Lipinski definition) is 7. The van der Waals surface area contributed by atoms with Crippen LogP contribution in [0.5, 0.6) is 0 Å². The maximum atomic E-state index is 12.7. The molecule has 0 fully saturated rings. The highest BCUT2D eigenvalue weighted by Gasteiger charge is 2.18. The van der Waals surface area contributed by atoms with E-state index >= 15 is 0 Å². The van der Waals surface area contributed by atoms with Crippen LogP contribution in [0.3, 0.4) is 0 Å². The van der Waals surface area contributed by atoms with Crippen LogP contribution >= 0.6 is 22.7 Å². The van der Waals surface area contributed by atoms with Gasteiger partial charge >= 0.3 is 0 Å². The smallest absolute Gasteiger partial charge is 0.267 e. The molecule has 4 aromatic heterocycles. The fourth-order valence-corrected chi connectivity index (χ4v) is 4.45. The SMILES string of the molecule is CCc1cc2c(=O)n(NC(=O)c3sc(-c4ccccn4)nc3C)cnc2s1. The third kappa shape index (κ3) is 3.26. The Hall–Kier alpha value is -2.91. The van der Waals surface area contributed by atoms with Crippen molar-refractivity contribution in [3.05, 3.63) is 62.6 Å². The van der Waals surface area contributed by atoms with E-state index in [1.807, 2.05) is 31.2 Å². The van der Waals surface area contributed by atoms with E-state index in [9.17, 15) is 9.59 Å². The molecule has 1 N–H and O–H groups in total. The van der Waals surface area contributed by atoms with Crippen LogP contribution in [0.15, 0.2) is 41.6 Å². The number of nitrogens with one attached hydrogen (secondary N) is 1. The molecule has 1 amide bonds. The predicted octanol–water partition coefficient (Wildman–Crippen LogP) is 3.23. The van der Waals surface area contributed by atoms with E-state index in [-0.39, 0.29) is 5.56 Å². The Labute approximate surface area is 162 Å². The summed E-state index contributed by atoms with van der Waals surface area (Å²) < 4.78 is 1.12. The number of thiophene rings is 1. The van der Waals surface area contributed by atoms with Gasteiger partial charge in [0.25, 0.3) is 11.5 Å². The maximum absolute atomic E-state index is 12.7. The molecule has 9 heteroatoms. The number of fused-ring (bicyclic) bond motifs is 1. The molecular formula is C18H15N5O2S2. The van der Waals surface area contributed by atoms with Gasteiger partial charge in [-0.15, -0.1) is 22.7 Å². The van der Waals surface area contributed by atoms with Crippen molar-refractivity contribution in [2.75, 3.05) is 5.43 Å². The first kappa shape index (κ1) is 17.5. The maximum Gasteiger partial charge on any atom is 0.282 e. The quantitative estimate of drug-likeness (QED) is 0.571. The molecule has 7 nitrogen and oxygen atoms in total. The Morgan fingerprint density at radius 2 is 2.11 bits per heavy atom. The number of carbonyl (C=O) groups excluding carboxylic acids is 1. The molecule has 4 rings (SSSR count). The van der Waals surface area contributed by atoms with Gasteiger partial charge < -0.3 is 0 Å². The minimum absolute atomic E-state index is 0.295. The van der Waals surface area contributed by atoms with Gasteiger partial charge in [0.1, 0.15) is 21.0 Å². The fraction of sp³-hybridized carbons (Fsp3) is 0.167. The lowest BCUT2D eigenvalue weighted by molar-refractivity contribution is 0.101. The molecule has 0 aliphatic heterocycles. The second kappa shape index (κ2) is 7.01. The van der Waals surface area contributed by atoms with Gasteiger partial charge in [0.05, 0.1) is 16.8 Å². The number of nitrogens with zero attached hydrogens (tertiary/aromatic N) is 4. The first-order chi connectivity index (χ1) is 13.1. The molecule has 4 heterocycles. The van der Waals surface area contributed by atoms with E-state index in [1.165, 1.54) is 29.0 Å². The van der Waals surface area contributed by atoms with Crippen molar-refractivity contribution in [1.82, 2.24) is 19.6 Å². The van der Waals surface area contributed by atoms with E-state index in [0.717, 1.165) is 16.0 Å². The number of thiazole rings is 1. The summed E-state index contributed by atoms with van der Waals surface area (Å²) >= 11 is 2.72. The average Bonchev–Trinajstić information content (AvgIpc) is 3.28. The zero-order valence-electron chi connectivity index (χ0n) is 14.6. The standard InChI is InChI=1S/C18H15N5O2S2/c1-3-11-8-12-16(26-11)20-9-23(18(12)25)22-15(24)14-10(2)21-17(27-14)13-6-4-5-7-19-13/h4-9H,3H2,1-2H3,(H,22,24). The van der Waals surface area contributed by atoms with E-state index in [2.05, 4.69) is 20.4 Å². The molecule has 0 saturated carbocycles. The van der Waals surface area contributed by atoms with Crippen LogP contribution in [-0.2, 0) is 6.42 Å². The van der Waals surface area contributed by atoms with E-state index in [0.29, 0.717) is 31.5 Å². The van der Waals surface area contributed by atoms with E-state index in [1.54, 1.807) is 13.1 Å². The molecule has 0 aliphatic rings. The second-order valence-electron chi connectivity index (χ2n) is 5.79. The summed E-state index contributed by atoms with van der Waals surface area (Å²) in [5, 5.41) is 1.17. The second-order valence-corrected chi connectivity index (χ2v) is 7.91. The van der Waals surface area contributed by atoms with Crippen LogP contribution in [0.4, 0.5) is 0 Å². The van der Waals surface area contributed by atoms with Gasteiger partial charge in [-0.05, 0) is 31.5 Å². The molecule has 27 heavy (non-hydrogen) atoms. The van der Waals surface area contributed by atoms with E-state index < -0.39 is 5.91 Å². The molecule has 136 valence electrons. The van der Waals surface area contributed by atoms with Gasteiger partial charge in [-0.2, -0.15) is 0 Å². The summed E-state index contributed by atoms with van der Waals surface area (Å²) in [6.45, 7) is 3.78. The van der Waals surface area contributed by atoms with Crippen molar-refractivity contribution < 1.29 is 4.79 Å². The zero-order valence-corrected chi connectivity index (χ0v) is 16.2. The Bertz CT molecular complexity index is 1190. The Morgan fingerprint density at radius 1 is 1.26 bits per heavy atom. The summed E-state index contributed by atoms with van der Waals surface area (Å²) in [7, 11) is 0. The molecule has 0 bridgehead atoms. The average molecular weight is 397 g/mol. The van der Waals surface area contributed by atoms with Crippen LogP contribution in [0, 0.1) is 6.92 Å². The summed E-state index contributed by atoms with van der Waals surface area (Å²) in [6.07, 6.45) is 3.86. The van der Waals surface area contributed by atoms with Gasteiger partial charge in [0.15, 0.2) is 0 Å². The van der Waals surface area contributed by atoms with Crippen molar-refractivity contribution >= 4 is 38.8 Å². The lowest BCUT2D eigenvalue weighted by Crippen LogP contribution is -2.32. The molecule has 0 spiro atoms. The van der Waals surface area contributed by atoms with Crippen molar-refractivity contribution in [2.24, 2.45) is 0 Å². The van der Waals surface area contributed by atoms with Gasteiger partial charge in [-0.3, -0.25) is 20.0 Å². The third-order valence-corrected chi connectivity index (χ3v) is 6.33. The number of amides is 1. The zero-order chi connectivity index (χ0) is 19.0. The van der Waals surface area contributed by atoms with Crippen LogP contribution < -0.4 is 11.0 Å². The van der Waals surface area contributed by atoms with Gasteiger partial charge in [0.2, 0.25) is 0 Å².